The second-order valence-electron chi connectivity index (χ2n) is 6.11. The Morgan fingerprint density at radius 3 is 2.47 bits per heavy atom. The Bertz CT molecular complexity index is 172. The van der Waals surface area contributed by atoms with E-state index in [0.29, 0.717) is 5.41 Å². The second-order valence-corrected chi connectivity index (χ2v) is 6.11. The van der Waals surface area contributed by atoms with Crippen LogP contribution in [-0.2, 0) is 0 Å². The summed E-state index contributed by atoms with van der Waals surface area (Å²) in [5.41, 5.74) is 0.539. The molecule has 0 spiro atoms. The maximum absolute atomic E-state index is 3.69. The molecular weight excluding hydrogens is 182 g/mol. The van der Waals surface area contributed by atoms with Crippen LogP contribution in [0.5, 0.6) is 0 Å². The van der Waals surface area contributed by atoms with Crippen LogP contribution in [0.25, 0.3) is 0 Å². The highest BCUT2D eigenvalue weighted by atomic mass is 15.0. The molecule has 0 aromatic heterocycles. The number of hydrogen-bond acceptors (Lipinski definition) is 1. The molecule has 1 saturated carbocycles. The molecule has 0 aromatic carbocycles. The minimum absolute atomic E-state index is 0.539. The van der Waals surface area contributed by atoms with Crippen LogP contribution in [0.1, 0.15) is 66.2 Å². The molecular formula is C14H29N. The number of nitrogens with one attached hydrogen (secondary N) is 1. The van der Waals surface area contributed by atoms with Crippen molar-refractivity contribution in [2.24, 2.45) is 11.3 Å². The fraction of sp³-hybridized carbons (Fsp3) is 1.00. The summed E-state index contributed by atoms with van der Waals surface area (Å²) in [6.07, 6.45) is 8.30. The Kier molecular flexibility index (Phi) is 5.11. The molecule has 0 aromatic rings. The Morgan fingerprint density at radius 1 is 1.33 bits per heavy atom. The van der Waals surface area contributed by atoms with E-state index >= 15 is 0 Å². The first-order valence-electron chi connectivity index (χ1n) is 6.79. The Balaban J connectivity index is 2.17. The zero-order valence-corrected chi connectivity index (χ0v) is 11.1. The lowest BCUT2D eigenvalue weighted by Gasteiger charge is -2.29. The highest BCUT2D eigenvalue weighted by molar-refractivity contribution is 4.85. The molecule has 1 rings (SSSR count). The molecule has 1 unspecified atom stereocenters. The van der Waals surface area contributed by atoms with Crippen molar-refractivity contribution in [3.8, 4) is 0 Å². The van der Waals surface area contributed by atoms with Crippen LogP contribution in [0, 0.1) is 11.3 Å². The lowest BCUT2D eigenvalue weighted by atomic mass is 9.81. The van der Waals surface area contributed by atoms with Crippen LogP contribution in [0.15, 0.2) is 0 Å². The molecule has 0 aliphatic heterocycles. The minimum Gasteiger partial charge on any atom is -0.313 e. The summed E-state index contributed by atoms with van der Waals surface area (Å²) < 4.78 is 0. The molecule has 1 aliphatic carbocycles. The summed E-state index contributed by atoms with van der Waals surface area (Å²) in [4.78, 5) is 0. The Labute approximate surface area is 96.0 Å². The van der Waals surface area contributed by atoms with Crippen molar-refractivity contribution < 1.29 is 0 Å². The van der Waals surface area contributed by atoms with Crippen LogP contribution >= 0.6 is 0 Å². The molecule has 15 heavy (non-hydrogen) atoms. The summed E-state index contributed by atoms with van der Waals surface area (Å²) in [6, 6.07) is 0.862. The van der Waals surface area contributed by atoms with E-state index < -0.39 is 0 Å². The smallest absolute Gasteiger partial charge is 0.00684 e. The topological polar surface area (TPSA) is 12.0 Å². The van der Waals surface area contributed by atoms with Gasteiger partial charge in [0.1, 0.15) is 0 Å². The third-order valence-corrected chi connectivity index (χ3v) is 3.81. The van der Waals surface area contributed by atoms with Crippen molar-refractivity contribution in [2.45, 2.75) is 72.3 Å². The lowest BCUT2D eigenvalue weighted by Crippen LogP contribution is -2.32. The summed E-state index contributed by atoms with van der Waals surface area (Å²) in [6.45, 7) is 10.7. The quantitative estimate of drug-likeness (QED) is 0.640. The van der Waals surface area contributed by atoms with Gasteiger partial charge in [0, 0.05) is 12.6 Å². The molecule has 0 heterocycles. The van der Waals surface area contributed by atoms with Crippen molar-refractivity contribution in [3.63, 3.8) is 0 Å². The molecule has 0 amide bonds. The van der Waals surface area contributed by atoms with Gasteiger partial charge in [0.05, 0.1) is 0 Å². The first kappa shape index (κ1) is 13.0. The van der Waals surface area contributed by atoms with E-state index in [0.717, 1.165) is 12.0 Å². The van der Waals surface area contributed by atoms with E-state index in [-0.39, 0.29) is 0 Å². The highest BCUT2D eigenvalue weighted by Crippen LogP contribution is 2.30. The monoisotopic (exact) mass is 211 g/mol. The third-order valence-electron chi connectivity index (χ3n) is 3.81. The van der Waals surface area contributed by atoms with Crippen LogP contribution in [-0.4, -0.2) is 12.6 Å². The van der Waals surface area contributed by atoms with Crippen molar-refractivity contribution in [1.82, 2.24) is 5.32 Å². The Morgan fingerprint density at radius 2 is 2.00 bits per heavy atom. The lowest BCUT2D eigenvalue weighted by molar-refractivity contribution is 0.254. The van der Waals surface area contributed by atoms with Crippen molar-refractivity contribution in [1.29, 1.82) is 0 Å². The van der Waals surface area contributed by atoms with E-state index in [4.69, 9.17) is 0 Å². The molecule has 1 aliphatic rings. The zero-order chi connectivity index (χ0) is 11.3. The van der Waals surface area contributed by atoms with Gasteiger partial charge in [-0.05, 0) is 37.0 Å². The van der Waals surface area contributed by atoms with Gasteiger partial charge in [-0.15, -0.1) is 0 Å². The van der Waals surface area contributed by atoms with Crippen molar-refractivity contribution >= 4 is 0 Å². The summed E-state index contributed by atoms with van der Waals surface area (Å²) in [7, 11) is 0. The van der Waals surface area contributed by atoms with E-state index in [1.54, 1.807) is 0 Å². The van der Waals surface area contributed by atoms with Gasteiger partial charge in [-0.3, -0.25) is 0 Å². The van der Waals surface area contributed by atoms with E-state index in [2.05, 4.69) is 33.0 Å². The van der Waals surface area contributed by atoms with Gasteiger partial charge in [-0.25, -0.2) is 0 Å². The van der Waals surface area contributed by atoms with Gasteiger partial charge in [-0.1, -0.05) is 40.5 Å². The fourth-order valence-electron chi connectivity index (χ4n) is 2.01. The minimum atomic E-state index is 0.539. The molecule has 90 valence electrons. The van der Waals surface area contributed by atoms with E-state index in [9.17, 15) is 0 Å². The molecule has 1 heteroatoms. The van der Waals surface area contributed by atoms with E-state index in [1.165, 1.54) is 45.1 Å². The SMILES string of the molecule is CCC(C)(CCCC(C)C)CNC1CC1. The average molecular weight is 211 g/mol. The molecule has 1 N–H and O–H groups in total. The molecule has 0 radical (unpaired) electrons. The van der Waals surface area contributed by atoms with Crippen molar-refractivity contribution in [3.05, 3.63) is 0 Å². The van der Waals surface area contributed by atoms with Gasteiger partial charge in [0.15, 0.2) is 0 Å². The molecule has 0 bridgehead atoms. The molecule has 1 fully saturated rings. The molecule has 0 saturated heterocycles. The van der Waals surface area contributed by atoms with Crippen molar-refractivity contribution in [2.75, 3.05) is 6.54 Å². The van der Waals surface area contributed by atoms with Gasteiger partial charge in [-0.2, -0.15) is 0 Å². The molecule has 1 nitrogen and oxygen atoms in total. The van der Waals surface area contributed by atoms with Crippen LogP contribution in [0.2, 0.25) is 0 Å². The van der Waals surface area contributed by atoms with Crippen LogP contribution < -0.4 is 5.32 Å². The van der Waals surface area contributed by atoms with Gasteiger partial charge < -0.3 is 5.32 Å². The average Bonchev–Trinajstić information content (AvgIpc) is 2.98. The van der Waals surface area contributed by atoms with Crippen LogP contribution in [0.4, 0.5) is 0 Å². The first-order chi connectivity index (χ1) is 7.06. The summed E-state index contributed by atoms with van der Waals surface area (Å²) >= 11 is 0. The van der Waals surface area contributed by atoms with E-state index in [1.807, 2.05) is 0 Å². The largest absolute Gasteiger partial charge is 0.313 e. The number of rotatable bonds is 8. The maximum atomic E-state index is 3.69. The second kappa shape index (κ2) is 5.89. The fourth-order valence-corrected chi connectivity index (χ4v) is 2.01. The predicted octanol–water partition coefficient (Wildman–Crippen LogP) is 3.98. The summed E-state index contributed by atoms with van der Waals surface area (Å²) in [5, 5.41) is 3.69. The Hall–Kier alpha value is -0.0400. The molecule has 1 atom stereocenters. The zero-order valence-electron chi connectivity index (χ0n) is 11.1. The van der Waals surface area contributed by atoms with Gasteiger partial charge in [0.2, 0.25) is 0 Å². The first-order valence-corrected chi connectivity index (χ1v) is 6.79. The maximum Gasteiger partial charge on any atom is 0.00684 e. The van der Waals surface area contributed by atoms with Crippen LogP contribution in [0.3, 0.4) is 0 Å². The normalized spacial score (nSPS) is 20.6. The van der Waals surface area contributed by atoms with Gasteiger partial charge in [0.25, 0.3) is 0 Å². The highest BCUT2D eigenvalue weighted by Gasteiger charge is 2.26. The van der Waals surface area contributed by atoms with Gasteiger partial charge >= 0.3 is 0 Å². The summed E-state index contributed by atoms with van der Waals surface area (Å²) in [5.74, 6) is 0.863. The standard InChI is InChI=1S/C14H29N/c1-5-14(4,10-6-7-12(2)3)11-15-13-8-9-13/h12-13,15H,5-11H2,1-4H3. The third kappa shape index (κ3) is 5.55. The number of hydrogen-bond donors (Lipinski definition) is 1. The predicted molar refractivity (Wildman–Crippen MR) is 68.1 cm³/mol.